The van der Waals surface area contributed by atoms with Crippen molar-refractivity contribution in [3.63, 3.8) is 0 Å². The summed E-state index contributed by atoms with van der Waals surface area (Å²) >= 11 is 3.27. The van der Waals surface area contributed by atoms with Crippen LogP contribution in [0.4, 0.5) is 4.39 Å². The fourth-order valence-electron chi connectivity index (χ4n) is 5.10. The number of benzene rings is 1. The maximum Gasteiger partial charge on any atom is 0.340 e. The molecule has 1 aromatic carbocycles. The molecule has 0 bridgehead atoms. The number of aromatic nitrogens is 5. The highest BCUT2D eigenvalue weighted by molar-refractivity contribution is 9.10. The number of ketones is 2. The Hall–Kier alpha value is -4.39. The van der Waals surface area contributed by atoms with Crippen LogP contribution in [0.15, 0.2) is 47.3 Å². The molecular formula is C29H26BrFN6O5. The lowest BCUT2D eigenvalue weighted by Crippen LogP contribution is -2.43. The van der Waals surface area contributed by atoms with E-state index in [1.165, 1.54) is 23.6 Å². The number of carbonyl (C=O) groups is 4. The van der Waals surface area contributed by atoms with Crippen LogP contribution in [0.3, 0.4) is 0 Å². The van der Waals surface area contributed by atoms with Gasteiger partial charge >= 0.3 is 5.97 Å². The number of halogens is 2. The van der Waals surface area contributed by atoms with Crippen LogP contribution in [-0.4, -0.2) is 78.9 Å². The van der Waals surface area contributed by atoms with Gasteiger partial charge in [-0.25, -0.2) is 24.1 Å². The van der Waals surface area contributed by atoms with Gasteiger partial charge in [0.25, 0.3) is 0 Å². The van der Waals surface area contributed by atoms with Gasteiger partial charge in [0.15, 0.2) is 11.6 Å². The minimum absolute atomic E-state index is 0.0379. The second-order valence-electron chi connectivity index (χ2n) is 9.98. The number of carbonyl (C=O) groups excluding carboxylic acids is 4. The maximum atomic E-state index is 14.6. The third kappa shape index (κ3) is 5.82. The van der Waals surface area contributed by atoms with E-state index in [0.29, 0.717) is 32.6 Å². The SMILES string of the molecule is COC(=O)c1cc(-c2cnc(C)nc2)cc2c(C(C)=O)nn(CC(=O)N3C[C@H](F)C[C@H]3C(=O)Cc3cccc(Br)n3)c12. The molecule has 4 heterocycles. The third-order valence-electron chi connectivity index (χ3n) is 7.05. The Kier molecular flexibility index (Phi) is 8.21. The van der Waals surface area contributed by atoms with Crippen LogP contribution >= 0.6 is 15.9 Å². The summed E-state index contributed by atoms with van der Waals surface area (Å²) in [5.74, 6) is -1.46. The minimum Gasteiger partial charge on any atom is -0.465 e. The van der Waals surface area contributed by atoms with Crippen LogP contribution in [0.5, 0.6) is 0 Å². The summed E-state index contributed by atoms with van der Waals surface area (Å²) in [7, 11) is 1.22. The molecule has 42 heavy (non-hydrogen) atoms. The number of rotatable bonds is 8. The van der Waals surface area contributed by atoms with Crippen molar-refractivity contribution in [2.75, 3.05) is 13.7 Å². The maximum absolute atomic E-state index is 14.6. The Bertz CT molecular complexity index is 1720. The number of fused-ring (bicyclic) bond motifs is 1. The molecule has 4 aromatic rings. The van der Waals surface area contributed by atoms with Gasteiger partial charge in [0.1, 0.15) is 28.8 Å². The van der Waals surface area contributed by atoms with Gasteiger partial charge in [0.05, 0.1) is 37.2 Å². The minimum atomic E-state index is -1.38. The van der Waals surface area contributed by atoms with E-state index in [1.807, 2.05) is 0 Å². The molecule has 1 fully saturated rings. The lowest BCUT2D eigenvalue weighted by molar-refractivity contribution is -0.138. The van der Waals surface area contributed by atoms with E-state index in [0.717, 1.165) is 0 Å². The van der Waals surface area contributed by atoms with Crippen molar-refractivity contribution in [1.82, 2.24) is 29.6 Å². The summed E-state index contributed by atoms with van der Waals surface area (Å²) in [6.07, 6.45) is 1.59. The molecule has 216 valence electrons. The third-order valence-corrected chi connectivity index (χ3v) is 7.49. The van der Waals surface area contributed by atoms with Crippen LogP contribution in [0, 0.1) is 6.92 Å². The predicted molar refractivity (Wildman–Crippen MR) is 153 cm³/mol. The molecule has 11 nitrogen and oxygen atoms in total. The van der Waals surface area contributed by atoms with E-state index in [4.69, 9.17) is 4.74 Å². The largest absolute Gasteiger partial charge is 0.465 e. The molecule has 0 unspecified atom stereocenters. The van der Waals surface area contributed by atoms with Gasteiger partial charge in [-0.1, -0.05) is 6.07 Å². The van der Waals surface area contributed by atoms with Crippen molar-refractivity contribution < 1.29 is 28.3 Å². The van der Waals surface area contributed by atoms with Gasteiger partial charge in [-0.3, -0.25) is 19.1 Å². The zero-order valence-electron chi connectivity index (χ0n) is 23.0. The molecule has 3 aromatic heterocycles. The normalized spacial score (nSPS) is 16.5. The highest BCUT2D eigenvalue weighted by Gasteiger charge is 2.40. The standard InChI is InChI=1S/C29H26BrFN6O5/c1-15(38)27-21-7-17(18-11-32-16(2)33-12-18)8-22(29(41)42-3)28(21)37(35-27)14-26(40)36-13-19(31)9-23(36)24(39)10-20-5-4-6-25(30)34-20/h4-8,11-12,19,23H,9-10,13-14H2,1-3H3/t19-,23+/m1/s1. The average molecular weight is 637 g/mol. The molecule has 5 rings (SSSR count). The second kappa shape index (κ2) is 11.8. The van der Waals surface area contributed by atoms with E-state index >= 15 is 0 Å². The van der Waals surface area contributed by atoms with Gasteiger partial charge in [0, 0.05) is 42.4 Å². The first-order valence-corrected chi connectivity index (χ1v) is 13.9. The number of likely N-dealkylation sites (tertiary alicyclic amines) is 1. The lowest BCUT2D eigenvalue weighted by Gasteiger charge is -2.23. The van der Waals surface area contributed by atoms with Crippen LogP contribution in [0.2, 0.25) is 0 Å². The van der Waals surface area contributed by atoms with Crippen molar-refractivity contribution in [2.24, 2.45) is 0 Å². The molecular weight excluding hydrogens is 611 g/mol. The van der Waals surface area contributed by atoms with E-state index < -0.39 is 30.6 Å². The van der Waals surface area contributed by atoms with Crippen LogP contribution in [-0.2, 0) is 27.3 Å². The van der Waals surface area contributed by atoms with Gasteiger partial charge in [0.2, 0.25) is 5.91 Å². The Labute approximate surface area is 248 Å². The quantitative estimate of drug-likeness (QED) is 0.161. The van der Waals surface area contributed by atoms with E-state index in [2.05, 4.69) is 36.0 Å². The van der Waals surface area contributed by atoms with Crippen molar-refractivity contribution >= 4 is 50.3 Å². The average Bonchev–Trinajstić information content (AvgIpc) is 3.53. The summed E-state index contributed by atoms with van der Waals surface area (Å²) in [6, 6.07) is 7.38. The molecule has 1 saturated heterocycles. The molecule has 0 aliphatic carbocycles. The lowest BCUT2D eigenvalue weighted by atomic mass is 10.00. The van der Waals surface area contributed by atoms with Crippen molar-refractivity contribution in [3.8, 4) is 11.1 Å². The summed E-state index contributed by atoms with van der Waals surface area (Å²) < 4.78 is 21.4. The first-order valence-electron chi connectivity index (χ1n) is 13.1. The highest BCUT2D eigenvalue weighted by atomic mass is 79.9. The number of Topliss-reactive ketones (excluding diaryl/α,β-unsaturated/α-hetero) is 2. The molecule has 1 aliphatic heterocycles. The van der Waals surface area contributed by atoms with E-state index in [1.54, 1.807) is 49.6 Å². The number of nitrogens with zero attached hydrogens (tertiary/aromatic N) is 6. The molecule has 0 saturated carbocycles. The van der Waals surface area contributed by atoms with Crippen molar-refractivity contribution in [1.29, 1.82) is 0 Å². The Morgan fingerprint density at radius 2 is 1.86 bits per heavy atom. The molecule has 13 heteroatoms. The van der Waals surface area contributed by atoms with Crippen LogP contribution in [0.25, 0.3) is 22.0 Å². The number of hydrogen-bond acceptors (Lipinski definition) is 9. The Balaban J connectivity index is 1.52. The number of pyridine rings is 1. The number of alkyl halides is 1. The van der Waals surface area contributed by atoms with Gasteiger partial charge in [-0.05, 0) is 52.7 Å². The zero-order chi connectivity index (χ0) is 30.1. The molecule has 2 atom stereocenters. The van der Waals surface area contributed by atoms with Crippen LogP contribution in [0.1, 0.15) is 45.7 Å². The zero-order valence-corrected chi connectivity index (χ0v) is 24.6. The molecule has 1 amide bonds. The summed E-state index contributed by atoms with van der Waals surface area (Å²) in [5, 5.41) is 4.71. The number of amides is 1. The predicted octanol–water partition coefficient (Wildman–Crippen LogP) is 3.70. The first kappa shape index (κ1) is 29.1. The van der Waals surface area contributed by atoms with Gasteiger partial charge in [-0.2, -0.15) is 5.10 Å². The monoisotopic (exact) mass is 636 g/mol. The number of methoxy groups -OCH3 is 1. The number of aryl methyl sites for hydroxylation is 1. The smallest absolute Gasteiger partial charge is 0.340 e. The van der Waals surface area contributed by atoms with Crippen molar-refractivity contribution in [2.45, 2.75) is 45.4 Å². The summed E-state index contributed by atoms with van der Waals surface area (Å²) in [5.41, 5.74) is 1.94. The fourth-order valence-corrected chi connectivity index (χ4v) is 5.48. The van der Waals surface area contributed by atoms with Gasteiger partial charge < -0.3 is 9.64 Å². The Morgan fingerprint density at radius 1 is 1.12 bits per heavy atom. The first-order chi connectivity index (χ1) is 20.0. The number of ether oxygens (including phenoxy) is 1. The van der Waals surface area contributed by atoms with Crippen molar-refractivity contribution in [3.05, 3.63) is 70.1 Å². The molecule has 0 spiro atoms. The van der Waals surface area contributed by atoms with Crippen LogP contribution < -0.4 is 0 Å². The topological polar surface area (TPSA) is 137 Å². The van der Waals surface area contributed by atoms with Gasteiger partial charge in [-0.15, -0.1) is 0 Å². The Morgan fingerprint density at radius 3 is 2.52 bits per heavy atom. The fraction of sp³-hybridized carbons (Fsp3) is 0.310. The summed E-state index contributed by atoms with van der Waals surface area (Å²) in [6.45, 7) is 2.36. The summed E-state index contributed by atoms with van der Waals surface area (Å²) in [4.78, 5) is 66.2. The highest BCUT2D eigenvalue weighted by Crippen LogP contribution is 2.31. The number of hydrogen-bond donors (Lipinski definition) is 0. The molecule has 0 radical (unpaired) electrons. The van der Waals surface area contributed by atoms with E-state index in [-0.39, 0.29) is 47.7 Å². The number of esters is 1. The molecule has 1 aliphatic rings. The molecule has 0 N–H and O–H groups in total. The van der Waals surface area contributed by atoms with E-state index in [9.17, 15) is 23.6 Å². The second-order valence-corrected chi connectivity index (χ2v) is 10.8.